The van der Waals surface area contributed by atoms with E-state index in [1.54, 1.807) is 0 Å². The normalized spacial score (nSPS) is 22.5. The third-order valence-electron chi connectivity index (χ3n) is 3.87. The molecule has 2 atom stereocenters. The summed E-state index contributed by atoms with van der Waals surface area (Å²) in [4.78, 5) is 14.5. The minimum absolute atomic E-state index is 0.0322. The van der Waals surface area contributed by atoms with Crippen molar-refractivity contribution in [3.63, 3.8) is 0 Å². The summed E-state index contributed by atoms with van der Waals surface area (Å²) in [6.07, 6.45) is 1.86. The molecule has 1 N–H and O–H groups in total. The van der Waals surface area contributed by atoms with Crippen molar-refractivity contribution in [2.45, 2.75) is 58.2 Å². The molecule has 1 aliphatic rings. The highest BCUT2D eigenvalue weighted by molar-refractivity contribution is 5.69. The van der Waals surface area contributed by atoms with Gasteiger partial charge in [-0.3, -0.25) is 4.90 Å². The van der Waals surface area contributed by atoms with Crippen molar-refractivity contribution in [1.82, 2.24) is 10.2 Å². The molecule has 22 heavy (non-hydrogen) atoms. The monoisotopic (exact) mass is 304 g/mol. The molecule has 1 aromatic carbocycles. The second kappa shape index (κ2) is 7.14. The molecule has 2 unspecified atom stereocenters. The van der Waals surface area contributed by atoms with E-state index in [1.165, 1.54) is 5.56 Å². The van der Waals surface area contributed by atoms with Crippen LogP contribution in [0.1, 0.15) is 52.1 Å². The zero-order valence-corrected chi connectivity index (χ0v) is 14.1. The molecule has 4 heteroatoms. The summed E-state index contributed by atoms with van der Waals surface area (Å²) < 4.78 is 5.61. The molecule has 1 aliphatic heterocycles. The van der Waals surface area contributed by atoms with Crippen molar-refractivity contribution in [1.29, 1.82) is 0 Å². The van der Waals surface area contributed by atoms with Crippen molar-refractivity contribution in [3.05, 3.63) is 35.9 Å². The van der Waals surface area contributed by atoms with Crippen molar-refractivity contribution < 1.29 is 9.53 Å². The van der Waals surface area contributed by atoms with Gasteiger partial charge in [-0.05, 0) is 45.7 Å². The highest BCUT2D eigenvalue weighted by Crippen LogP contribution is 2.32. The molecule has 1 amide bonds. The highest BCUT2D eigenvalue weighted by atomic mass is 16.6. The molecular formula is C18H28N2O2. The van der Waals surface area contributed by atoms with E-state index in [0.29, 0.717) is 0 Å². The molecule has 0 saturated carbocycles. The average molecular weight is 304 g/mol. The Morgan fingerprint density at radius 3 is 2.59 bits per heavy atom. The van der Waals surface area contributed by atoms with Crippen molar-refractivity contribution >= 4 is 6.09 Å². The van der Waals surface area contributed by atoms with Crippen LogP contribution in [0.2, 0.25) is 0 Å². The van der Waals surface area contributed by atoms with Crippen LogP contribution in [0.15, 0.2) is 30.3 Å². The zero-order chi connectivity index (χ0) is 16.2. The third kappa shape index (κ3) is 4.23. The highest BCUT2D eigenvalue weighted by Gasteiger charge is 2.37. The van der Waals surface area contributed by atoms with Crippen LogP contribution in [0, 0.1) is 0 Å². The van der Waals surface area contributed by atoms with Gasteiger partial charge in [-0.2, -0.15) is 0 Å². The van der Waals surface area contributed by atoms with E-state index in [0.717, 1.165) is 25.9 Å². The maximum absolute atomic E-state index is 12.6. The van der Waals surface area contributed by atoms with Gasteiger partial charge in [0.05, 0.1) is 6.04 Å². The molecule has 1 fully saturated rings. The summed E-state index contributed by atoms with van der Waals surface area (Å²) in [5.74, 6) is 0. The van der Waals surface area contributed by atoms with Crippen LogP contribution in [-0.2, 0) is 4.74 Å². The summed E-state index contributed by atoms with van der Waals surface area (Å²) >= 11 is 0. The fourth-order valence-electron chi connectivity index (χ4n) is 3.06. The van der Waals surface area contributed by atoms with Crippen molar-refractivity contribution in [3.8, 4) is 0 Å². The van der Waals surface area contributed by atoms with Crippen LogP contribution >= 0.6 is 0 Å². The first-order valence-corrected chi connectivity index (χ1v) is 8.20. The predicted molar refractivity (Wildman–Crippen MR) is 88.8 cm³/mol. The third-order valence-corrected chi connectivity index (χ3v) is 3.87. The molecule has 0 radical (unpaired) electrons. The first kappa shape index (κ1) is 16.8. The van der Waals surface area contributed by atoms with Crippen LogP contribution in [0.5, 0.6) is 0 Å². The summed E-state index contributed by atoms with van der Waals surface area (Å²) in [6.45, 7) is 9.48. The van der Waals surface area contributed by atoms with E-state index in [1.807, 2.05) is 43.9 Å². The maximum atomic E-state index is 12.6. The number of benzene rings is 1. The summed E-state index contributed by atoms with van der Waals surface area (Å²) in [7, 11) is 0. The van der Waals surface area contributed by atoms with Gasteiger partial charge in [0, 0.05) is 12.6 Å². The Kier molecular flexibility index (Phi) is 5.46. The van der Waals surface area contributed by atoms with Gasteiger partial charge in [-0.15, -0.1) is 0 Å². The maximum Gasteiger partial charge on any atom is 0.410 e. The predicted octanol–water partition coefficient (Wildman–Crippen LogP) is 3.74. The Morgan fingerprint density at radius 1 is 1.32 bits per heavy atom. The van der Waals surface area contributed by atoms with E-state index >= 15 is 0 Å². The Bertz CT molecular complexity index is 480. The Morgan fingerprint density at radius 2 is 2.00 bits per heavy atom. The molecule has 122 valence electrons. The molecule has 1 saturated heterocycles. The average Bonchev–Trinajstić information content (AvgIpc) is 2.46. The fraction of sp³-hybridized carbons (Fsp3) is 0.611. The van der Waals surface area contributed by atoms with Crippen molar-refractivity contribution in [2.75, 3.05) is 13.1 Å². The van der Waals surface area contributed by atoms with Crippen LogP contribution in [-0.4, -0.2) is 35.7 Å². The lowest BCUT2D eigenvalue weighted by atomic mass is 9.90. The number of amides is 1. The molecule has 0 aromatic heterocycles. The van der Waals surface area contributed by atoms with Gasteiger partial charge in [0.2, 0.25) is 0 Å². The number of likely N-dealkylation sites (N-methyl/N-ethyl adjacent to an activating group) is 1. The van der Waals surface area contributed by atoms with Crippen LogP contribution in [0.4, 0.5) is 4.79 Å². The number of rotatable bonds is 3. The summed E-state index contributed by atoms with van der Waals surface area (Å²) in [5.41, 5.74) is 0.697. The zero-order valence-electron chi connectivity index (χ0n) is 14.1. The number of carbonyl (C=O) groups excluding carboxylic acids is 1. The van der Waals surface area contributed by atoms with Gasteiger partial charge >= 0.3 is 6.09 Å². The number of likely N-dealkylation sites (tertiary alicyclic amines) is 1. The number of nitrogens with one attached hydrogen (secondary N) is 1. The summed E-state index contributed by atoms with van der Waals surface area (Å²) in [5, 5.41) is 3.53. The molecule has 0 spiro atoms. The Balaban J connectivity index is 2.27. The summed E-state index contributed by atoms with van der Waals surface area (Å²) in [6, 6.07) is 10.6. The van der Waals surface area contributed by atoms with E-state index in [4.69, 9.17) is 4.74 Å². The van der Waals surface area contributed by atoms with Crippen LogP contribution < -0.4 is 5.32 Å². The molecular weight excluding hydrogens is 276 g/mol. The molecule has 2 rings (SSSR count). The minimum Gasteiger partial charge on any atom is -0.444 e. The van der Waals surface area contributed by atoms with E-state index in [-0.39, 0.29) is 18.2 Å². The fourth-order valence-corrected chi connectivity index (χ4v) is 3.06. The number of ether oxygens (including phenoxy) is 1. The Hall–Kier alpha value is -1.55. The number of hydrogen-bond acceptors (Lipinski definition) is 3. The molecule has 0 bridgehead atoms. The van der Waals surface area contributed by atoms with Crippen LogP contribution in [0.3, 0.4) is 0 Å². The van der Waals surface area contributed by atoms with E-state index in [2.05, 4.69) is 24.4 Å². The van der Waals surface area contributed by atoms with Crippen LogP contribution in [0.25, 0.3) is 0 Å². The van der Waals surface area contributed by atoms with Gasteiger partial charge < -0.3 is 10.1 Å². The first-order chi connectivity index (χ1) is 10.4. The lowest BCUT2D eigenvalue weighted by Crippen LogP contribution is -2.51. The largest absolute Gasteiger partial charge is 0.444 e. The Labute approximate surface area is 133 Å². The molecule has 0 aliphatic carbocycles. The van der Waals surface area contributed by atoms with Crippen molar-refractivity contribution in [2.24, 2.45) is 0 Å². The SMILES string of the molecule is CCNC1CCCN(C(=O)OC(C)(C)C)C1c1ccccc1. The standard InChI is InChI=1S/C18H28N2O2/c1-5-19-15-12-9-13-20(17(21)22-18(2,3)4)16(15)14-10-7-6-8-11-14/h6-8,10-11,15-16,19H,5,9,12-13H2,1-4H3. The molecule has 4 nitrogen and oxygen atoms in total. The van der Waals surface area contributed by atoms with E-state index in [9.17, 15) is 4.79 Å². The number of hydrogen-bond donors (Lipinski definition) is 1. The lowest BCUT2D eigenvalue weighted by Gasteiger charge is -2.42. The van der Waals surface area contributed by atoms with Gasteiger partial charge in [0.15, 0.2) is 0 Å². The van der Waals surface area contributed by atoms with Gasteiger partial charge in [-0.1, -0.05) is 37.3 Å². The first-order valence-electron chi connectivity index (χ1n) is 8.20. The number of piperidine rings is 1. The van der Waals surface area contributed by atoms with Gasteiger partial charge in [0.1, 0.15) is 5.60 Å². The number of carbonyl (C=O) groups is 1. The molecule has 1 aromatic rings. The van der Waals surface area contributed by atoms with Gasteiger partial charge in [-0.25, -0.2) is 4.79 Å². The second-order valence-electron chi connectivity index (χ2n) is 6.84. The smallest absolute Gasteiger partial charge is 0.410 e. The van der Waals surface area contributed by atoms with E-state index < -0.39 is 5.60 Å². The topological polar surface area (TPSA) is 41.6 Å². The quantitative estimate of drug-likeness (QED) is 0.925. The van der Waals surface area contributed by atoms with Gasteiger partial charge in [0.25, 0.3) is 0 Å². The minimum atomic E-state index is -0.469. The number of nitrogens with zero attached hydrogens (tertiary/aromatic N) is 1. The second-order valence-corrected chi connectivity index (χ2v) is 6.84. The molecule has 1 heterocycles. The lowest BCUT2D eigenvalue weighted by molar-refractivity contribution is 0.00406.